The lowest BCUT2D eigenvalue weighted by Gasteiger charge is -2.27. The molecular formula is C13H18N2O. The van der Waals surface area contributed by atoms with Gasteiger partial charge in [0, 0.05) is 7.11 Å². The van der Waals surface area contributed by atoms with Gasteiger partial charge in [0.2, 0.25) is 0 Å². The average Bonchev–Trinajstić information content (AvgIpc) is 2.36. The standard InChI is InChI=1S/C13H18N2O/c1-3-9-15-13(10-14,11-16-2)12-7-5-4-6-8-12/h4-8,15H,3,9,11H2,1-2H3. The maximum Gasteiger partial charge on any atom is 0.155 e. The van der Waals surface area contributed by atoms with Crippen molar-refractivity contribution in [1.29, 1.82) is 5.26 Å². The van der Waals surface area contributed by atoms with Crippen molar-refractivity contribution in [2.45, 2.75) is 18.9 Å². The molecule has 0 amide bonds. The van der Waals surface area contributed by atoms with E-state index >= 15 is 0 Å². The van der Waals surface area contributed by atoms with E-state index in [0.717, 1.165) is 18.5 Å². The summed E-state index contributed by atoms with van der Waals surface area (Å²) in [5.41, 5.74) is 0.222. The summed E-state index contributed by atoms with van der Waals surface area (Å²) in [6, 6.07) is 12.0. The van der Waals surface area contributed by atoms with Crippen LogP contribution in [0, 0.1) is 11.3 Å². The minimum Gasteiger partial charge on any atom is -0.381 e. The van der Waals surface area contributed by atoms with Crippen LogP contribution in [0.2, 0.25) is 0 Å². The van der Waals surface area contributed by atoms with Gasteiger partial charge in [-0.15, -0.1) is 0 Å². The maximum absolute atomic E-state index is 9.40. The minimum atomic E-state index is -0.730. The van der Waals surface area contributed by atoms with Crippen LogP contribution in [0.25, 0.3) is 0 Å². The van der Waals surface area contributed by atoms with Gasteiger partial charge in [0.25, 0.3) is 0 Å². The van der Waals surface area contributed by atoms with Crippen LogP contribution in [-0.4, -0.2) is 20.3 Å². The highest BCUT2D eigenvalue weighted by molar-refractivity contribution is 5.31. The van der Waals surface area contributed by atoms with Crippen LogP contribution in [0.15, 0.2) is 30.3 Å². The van der Waals surface area contributed by atoms with E-state index in [-0.39, 0.29) is 0 Å². The van der Waals surface area contributed by atoms with Gasteiger partial charge in [0.15, 0.2) is 5.54 Å². The van der Waals surface area contributed by atoms with Crippen molar-refractivity contribution in [1.82, 2.24) is 5.32 Å². The lowest BCUT2D eigenvalue weighted by Crippen LogP contribution is -2.45. The van der Waals surface area contributed by atoms with Gasteiger partial charge in [0.1, 0.15) is 0 Å². The molecule has 0 heterocycles. The van der Waals surface area contributed by atoms with Crippen molar-refractivity contribution in [2.24, 2.45) is 0 Å². The predicted molar refractivity (Wildman–Crippen MR) is 63.9 cm³/mol. The average molecular weight is 218 g/mol. The molecule has 1 aromatic rings. The van der Waals surface area contributed by atoms with E-state index in [1.165, 1.54) is 0 Å². The van der Waals surface area contributed by atoms with E-state index in [4.69, 9.17) is 4.74 Å². The molecule has 1 unspecified atom stereocenters. The smallest absolute Gasteiger partial charge is 0.155 e. The first kappa shape index (κ1) is 12.7. The van der Waals surface area contributed by atoms with Gasteiger partial charge >= 0.3 is 0 Å². The second-order valence-electron chi connectivity index (χ2n) is 3.74. The Morgan fingerprint density at radius 2 is 2.06 bits per heavy atom. The topological polar surface area (TPSA) is 45.0 Å². The number of hydrogen-bond donors (Lipinski definition) is 1. The molecule has 16 heavy (non-hydrogen) atoms. The van der Waals surface area contributed by atoms with Gasteiger partial charge < -0.3 is 4.74 Å². The van der Waals surface area contributed by atoms with Gasteiger partial charge in [-0.05, 0) is 18.5 Å². The fourth-order valence-corrected chi connectivity index (χ4v) is 1.65. The molecular weight excluding hydrogens is 200 g/mol. The highest BCUT2D eigenvalue weighted by Crippen LogP contribution is 2.20. The molecule has 3 heteroatoms. The maximum atomic E-state index is 9.40. The fraction of sp³-hybridized carbons (Fsp3) is 0.462. The molecule has 0 aliphatic carbocycles. The summed E-state index contributed by atoms with van der Waals surface area (Å²) in [6.45, 7) is 3.23. The van der Waals surface area contributed by atoms with Crippen molar-refractivity contribution < 1.29 is 4.74 Å². The van der Waals surface area contributed by atoms with Gasteiger partial charge in [-0.1, -0.05) is 37.3 Å². The van der Waals surface area contributed by atoms with Crippen molar-refractivity contribution in [2.75, 3.05) is 20.3 Å². The molecule has 0 aliphatic rings. The first-order valence-electron chi connectivity index (χ1n) is 5.50. The van der Waals surface area contributed by atoms with Crippen LogP contribution >= 0.6 is 0 Å². The normalized spacial score (nSPS) is 14.1. The number of nitrogens with zero attached hydrogens (tertiary/aromatic N) is 1. The summed E-state index contributed by atoms with van der Waals surface area (Å²) in [6.07, 6.45) is 0.986. The molecule has 1 atom stereocenters. The van der Waals surface area contributed by atoms with E-state index < -0.39 is 5.54 Å². The second kappa shape index (κ2) is 6.26. The molecule has 3 nitrogen and oxygen atoms in total. The highest BCUT2D eigenvalue weighted by atomic mass is 16.5. The van der Waals surface area contributed by atoms with E-state index in [9.17, 15) is 5.26 Å². The Morgan fingerprint density at radius 1 is 1.38 bits per heavy atom. The monoisotopic (exact) mass is 218 g/mol. The van der Waals surface area contributed by atoms with Crippen molar-refractivity contribution >= 4 is 0 Å². The van der Waals surface area contributed by atoms with Crippen LogP contribution in [0.1, 0.15) is 18.9 Å². The number of rotatable bonds is 6. The molecule has 0 spiro atoms. The SMILES string of the molecule is CCCNC(C#N)(COC)c1ccccc1. The molecule has 0 saturated carbocycles. The van der Waals surface area contributed by atoms with Crippen LogP contribution in [0.5, 0.6) is 0 Å². The molecule has 1 rings (SSSR count). The lowest BCUT2D eigenvalue weighted by molar-refractivity contribution is 0.137. The zero-order valence-corrected chi connectivity index (χ0v) is 9.86. The summed E-state index contributed by atoms with van der Waals surface area (Å²) in [5, 5.41) is 12.7. The molecule has 86 valence electrons. The van der Waals surface area contributed by atoms with Crippen LogP contribution in [0.4, 0.5) is 0 Å². The summed E-state index contributed by atoms with van der Waals surface area (Å²) in [4.78, 5) is 0. The van der Waals surface area contributed by atoms with E-state index in [2.05, 4.69) is 18.3 Å². The fourth-order valence-electron chi connectivity index (χ4n) is 1.65. The van der Waals surface area contributed by atoms with Crippen LogP contribution in [-0.2, 0) is 10.3 Å². The zero-order chi connectivity index (χ0) is 11.9. The third-order valence-corrected chi connectivity index (χ3v) is 2.50. The van der Waals surface area contributed by atoms with Gasteiger partial charge in [-0.25, -0.2) is 0 Å². The van der Waals surface area contributed by atoms with Crippen LogP contribution in [0.3, 0.4) is 0 Å². The Labute approximate surface area is 97.0 Å². The van der Waals surface area contributed by atoms with Crippen molar-refractivity contribution in [3.8, 4) is 6.07 Å². The molecule has 1 N–H and O–H groups in total. The molecule has 1 aromatic carbocycles. The van der Waals surface area contributed by atoms with Gasteiger partial charge in [0.05, 0.1) is 12.7 Å². The third-order valence-electron chi connectivity index (χ3n) is 2.50. The molecule has 0 aliphatic heterocycles. The first-order valence-corrected chi connectivity index (χ1v) is 5.50. The van der Waals surface area contributed by atoms with Crippen molar-refractivity contribution in [3.05, 3.63) is 35.9 Å². The Bertz CT molecular complexity index is 345. The van der Waals surface area contributed by atoms with E-state index in [0.29, 0.717) is 6.61 Å². The predicted octanol–water partition coefficient (Wildman–Crippen LogP) is 2.05. The summed E-state index contributed by atoms with van der Waals surface area (Å²) in [7, 11) is 1.61. The molecule has 0 saturated heterocycles. The third kappa shape index (κ3) is 2.82. The van der Waals surface area contributed by atoms with Gasteiger partial charge in [-0.2, -0.15) is 5.26 Å². The summed E-state index contributed by atoms with van der Waals surface area (Å²) >= 11 is 0. The summed E-state index contributed by atoms with van der Waals surface area (Å²) in [5.74, 6) is 0. The largest absolute Gasteiger partial charge is 0.381 e. The van der Waals surface area contributed by atoms with E-state index in [1.54, 1.807) is 7.11 Å². The number of nitriles is 1. The zero-order valence-electron chi connectivity index (χ0n) is 9.86. The highest BCUT2D eigenvalue weighted by Gasteiger charge is 2.31. The number of methoxy groups -OCH3 is 1. The molecule has 0 fully saturated rings. The quantitative estimate of drug-likeness (QED) is 0.794. The molecule has 0 bridgehead atoms. The van der Waals surface area contributed by atoms with E-state index in [1.807, 2.05) is 30.3 Å². The minimum absolute atomic E-state index is 0.355. The summed E-state index contributed by atoms with van der Waals surface area (Å²) < 4.78 is 5.16. The van der Waals surface area contributed by atoms with Gasteiger partial charge in [-0.3, -0.25) is 5.32 Å². The number of ether oxygens (including phenoxy) is 1. The molecule has 0 aromatic heterocycles. The first-order chi connectivity index (χ1) is 7.79. The van der Waals surface area contributed by atoms with Crippen molar-refractivity contribution in [3.63, 3.8) is 0 Å². The Kier molecular flexibility index (Phi) is 4.97. The Morgan fingerprint density at radius 3 is 2.56 bits per heavy atom. The second-order valence-corrected chi connectivity index (χ2v) is 3.74. The number of benzene rings is 1. The number of nitrogens with one attached hydrogen (secondary N) is 1. The number of hydrogen-bond acceptors (Lipinski definition) is 3. The van der Waals surface area contributed by atoms with Crippen LogP contribution < -0.4 is 5.32 Å². The Hall–Kier alpha value is -1.37. The molecule has 0 radical (unpaired) electrons. The lowest BCUT2D eigenvalue weighted by atomic mass is 9.92. The Balaban J connectivity index is 2.98.